The van der Waals surface area contributed by atoms with Crippen LogP contribution in [0.3, 0.4) is 0 Å². The lowest BCUT2D eigenvalue weighted by Gasteiger charge is -2.21. The number of ether oxygens (including phenoxy) is 1. The average Bonchev–Trinajstić information content (AvgIpc) is 3.10. The van der Waals surface area contributed by atoms with Gasteiger partial charge in [-0.1, -0.05) is 62.1 Å². The van der Waals surface area contributed by atoms with Crippen molar-refractivity contribution >= 4 is 23.4 Å². The molecule has 7 heteroatoms. The molecule has 1 fully saturated rings. The summed E-state index contributed by atoms with van der Waals surface area (Å²) in [6.45, 7) is 7.00. The molecule has 1 heterocycles. The summed E-state index contributed by atoms with van der Waals surface area (Å²) in [6, 6.07) is 7.46. The smallest absolute Gasteiger partial charge is 0.234 e. The first-order valence-corrected chi connectivity index (χ1v) is 11.4. The van der Waals surface area contributed by atoms with E-state index in [2.05, 4.69) is 26.7 Å². The predicted molar refractivity (Wildman–Crippen MR) is 117 cm³/mol. The number of carbonyl (C=O) groups excluding carboxylic acids is 1. The molecule has 1 aromatic heterocycles. The van der Waals surface area contributed by atoms with E-state index in [-0.39, 0.29) is 11.7 Å². The number of hydrogen-bond acceptors (Lipinski definition) is 5. The number of nitrogens with one attached hydrogen (secondary N) is 1. The highest BCUT2D eigenvalue weighted by molar-refractivity contribution is 7.99. The zero-order chi connectivity index (χ0) is 20.5. The second kappa shape index (κ2) is 11.0. The third-order valence-corrected chi connectivity index (χ3v) is 6.06. The van der Waals surface area contributed by atoms with Crippen molar-refractivity contribution in [2.24, 2.45) is 5.92 Å². The fourth-order valence-corrected chi connectivity index (χ4v) is 4.47. The minimum Gasteiger partial charge on any atom is -0.492 e. The highest BCUT2D eigenvalue weighted by Crippen LogP contribution is 2.28. The van der Waals surface area contributed by atoms with Gasteiger partial charge in [-0.3, -0.25) is 4.79 Å². The minimum absolute atomic E-state index is 0.0934. The number of anilines is 1. The fraction of sp³-hybridized carbons (Fsp3) is 0.500. The summed E-state index contributed by atoms with van der Waals surface area (Å²) in [4.78, 5) is 12.5. The molecule has 0 atom stereocenters. The number of thioether (sulfide) groups is 1. The van der Waals surface area contributed by atoms with Gasteiger partial charge in [0.05, 0.1) is 18.0 Å². The third-order valence-electron chi connectivity index (χ3n) is 5.09. The summed E-state index contributed by atoms with van der Waals surface area (Å²) >= 11 is 1.41. The summed E-state index contributed by atoms with van der Waals surface area (Å²) in [6.07, 6.45) is 9.32. The van der Waals surface area contributed by atoms with E-state index in [9.17, 15) is 4.79 Å². The van der Waals surface area contributed by atoms with Gasteiger partial charge in [0, 0.05) is 13.0 Å². The Morgan fingerprint density at radius 2 is 2.10 bits per heavy atom. The van der Waals surface area contributed by atoms with Crippen LogP contribution in [0.25, 0.3) is 0 Å². The van der Waals surface area contributed by atoms with Gasteiger partial charge in [-0.15, -0.1) is 16.8 Å². The Morgan fingerprint density at radius 1 is 1.31 bits per heavy atom. The van der Waals surface area contributed by atoms with Crippen LogP contribution >= 0.6 is 11.8 Å². The van der Waals surface area contributed by atoms with Crippen LogP contribution in [0.15, 0.2) is 42.1 Å². The number of aromatic nitrogens is 3. The predicted octanol–water partition coefficient (Wildman–Crippen LogP) is 4.72. The standard InChI is InChI=1S/C22H30N4O2S/c1-3-14-26-20(15-17-10-6-5-7-11-17)24-25-22(26)29-16-21(27)23-18-12-8-9-13-19(18)28-4-2/h3,8-9,12-13,17H,1,4-7,10-11,14-16H2,2H3,(H,23,27). The van der Waals surface area contributed by atoms with Gasteiger partial charge in [0.25, 0.3) is 0 Å². The van der Waals surface area contributed by atoms with Crippen molar-refractivity contribution in [1.82, 2.24) is 14.8 Å². The van der Waals surface area contributed by atoms with Crippen LogP contribution in [0.4, 0.5) is 5.69 Å². The number of carbonyl (C=O) groups is 1. The molecule has 1 N–H and O–H groups in total. The first-order chi connectivity index (χ1) is 14.2. The van der Waals surface area contributed by atoms with E-state index < -0.39 is 0 Å². The average molecular weight is 415 g/mol. The van der Waals surface area contributed by atoms with Crippen LogP contribution in [0.5, 0.6) is 5.75 Å². The number of nitrogens with zero attached hydrogens (tertiary/aromatic N) is 3. The zero-order valence-corrected chi connectivity index (χ0v) is 17.9. The second-order valence-corrected chi connectivity index (χ2v) is 8.21. The van der Waals surface area contributed by atoms with Gasteiger partial charge in [-0.25, -0.2) is 0 Å². The van der Waals surface area contributed by atoms with Crippen molar-refractivity contribution in [3.63, 3.8) is 0 Å². The molecule has 0 radical (unpaired) electrons. The molecule has 1 amide bonds. The van der Waals surface area contributed by atoms with Crippen LogP contribution in [0, 0.1) is 5.92 Å². The molecule has 0 bridgehead atoms. The quantitative estimate of drug-likeness (QED) is 0.450. The Bertz CT molecular complexity index is 815. The van der Waals surface area contributed by atoms with E-state index in [1.165, 1.54) is 43.9 Å². The summed E-state index contributed by atoms with van der Waals surface area (Å²) in [5.41, 5.74) is 0.686. The number of rotatable bonds is 10. The van der Waals surface area contributed by atoms with E-state index >= 15 is 0 Å². The molecule has 6 nitrogen and oxygen atoms in total. The molecular weight excluding hydrogens is 384 g/mol. The van der Waals surface area contributed by atoms with Crippen molar-refractivity contribution in [3.05, 3.63) is 42.7 Å². The van der Waals surface area contributed by atoms with Gasteiger partial charge in [0.2, 0.25) is 5.91 Å². The van der Waals surface area contributed by atoms with Gasteiger partial charge in [-0.2, -0.15) is 0 Å². The van der Waals surface area contributed by atoms with Crippen molar-refractivity contribution in [2.75, 3.05) is 17.7 Å². The van der Waals surface area contributed by atoms with Crippen LogP contribution in [0.2, 0.25) is 0 Å². The molecule has 0 saturated heterocycles. The zero-order valence-electron chi connectivity index (χ0n) is 17.1. The van der Waals surface area contributed by atoms with Gasteiger partial charge in [-0.05, 0) is 25.0 Å². The Morgan fingerprint density at radius 3 is 2.86 bits per heavy atom. The highest BCUT2D eigenvalue weighted by atomic mass is 32.2. The Balaban J connectivity index is 1.61. The molecule has 0 unspecified atom stereocenters. The first kappa shape index (κ1) is 21.4. The van der Waals surface area contributed by atoms with Gasteiger partial charge >= 0.3 is 0 Å². The topological polar surface area (TPSA) is 69.0 Å². The lowest BCUT2D eigenvalue weighted by Crippen LogP contribution is -2.16. The Hall–Kier alpha value is -2.28. The van der Waals surface area contributed by atoms with E-state index in [4.69, 9.17) is 4.74 Å². The van der Waals surface area contributed by atoms with Crippen LogP contribution in [0.1, 0.15) is 44.9 Å². The molecule has 2 aromatic rings. The maximum Gasteiger partial charge on any atom is 0.234 e. The molecule has 1 aliphatic carbocycles. The summed E-state index contributed by atoms with van der Waals surface area (Å²) in [7, 11) is 0. The van der Waals surface area contributed by atoms with Crippen LogP contribution in [-0.4, -0.2) is 33.0 Å². The number of allylic oxidation sites excluding steroid dienone is 1. The van der Waals surface area contributed by atoms with Crippen LogP contribution in [-0.2, 0) is 17.8 Å². The maximum absolute atomic E-state index is 12.5. The van der Waals surface area contributed by atoms with Crippen molar-refractivity contribution < 1.29 is 9.53 Å². The second-order valence-electron chi connectivity index (χ2n) is 7.27. The van der Waals surface area contributed by atoms with Crippen molar-refractivity contribution in [1.29, 1.82) is 0 Å². The van der Waals surface area contributed by atoms with E-state index in [0.29, 0.717) is 30.5 Å². The van der Waals surface area contributed by atoms with Gasteiger partial charge in [0.15, 0.2) is 5.16 Å². The lowest BCUT2D eigenvalue weighted by atomic mass is 9.87. The molecular formula is C22H30N4O2S. The normalized spacial score (nSPS) is 14.5. The van der Waals surface area contributed by atoms with Crippen LogP contribution < -0.4 is 10.1 Å². The fourth-order valence-electron chi connectivity index (χ4n) is 3.71. The summed E-state index contributed by atoms with van der Waals surface area (Å²) < 4.78 is 7.66. The van der Waals surface area contributed by atoms with Crippen molar-refractivity contribution in [2.45, 2.75) is 57.1 Å². The van der Waals surface area contributed by atoms with E-state index in [1.54, 1.807) is 0 Å². The summed E-state index contributed by atoms with van der Waals surface area (Å²) in [5, 5.41) is 12.5. The molecule has 3 rings (SSSR count). The molecule has 1 saturated carbocycles. The summed E-state index contributed by atoms with van der Waals surface area (Å²) in [5.74, 6) is 2.54. The Kier molecular flexibility index (Phi) is 8.16. The largest absolute Gasteiger partial charge is 0.492 e. The van der Waals surface area contributed by atoms with Gasteiger partial charge < -0.3 is 14.6 Å². The molecule has 156 valence electrons. The van der Waals surface area contributed by atoms with E-state index in [0.717, 1.165) is 17.4 Å². The highest BCUT2D eigenvalue weighted by Gasteiger charge is 2.20. The Labute approximate surface area is 177 Å². The molecule has 29 heavy (non-hydrogen) atoms. The number of amides is 1. The maximum atomic E-state index is 12.5. The van der Waals surface area contributed by atoms with E-state index in [1.807, 2.05) is 37.3 Å². The molecule has 0 aliphatic heterocycles. The molecule has 1 aliphatic rings. The van der Waals surface area contributed by atoms with Crippen molar-refractivity contribution in [3.8, 4) is 5.75 Å². The minimum atomic E-state index is -0.0934. The monoisotopic (exact) mass is 414 g/mol. The first-order valence-electron chi connectivity index (χ1n) is 10.4. The third kappa shape index (κ3) is 6.10. The molecule has 1 aromatic carbocycles. The number of benzene rings is 1. The SMILES string of the molecule is C=CCn1c(CC2CCCCC2)nnc1SCC(=O)Nc1ccccc1OCC. The number of hydrogen-bond donors (Lipinski definition) is 1. The van der Waals surface area contributed by atoms with Gasteiger partial charge in [0.1, 0.15) is 11.6 Å². The molecule has 0 spiro atoms. The number of para-hydroxylation sites is 2. The lowest BCUT2D eigenvalue weighted by molar-refractivity contribution is -0.113.